The molecule has 146 valence electrons. The van der Waals surface area contributed by atoms with Crippen LogP contribution in [0.1, 0.15) is 50.2 Å². The third kappa shape index (κ3) is 3.68. The second-order valence-electron chi connectivity index (χ2n) is 8.25. The number of likely N-dealkylation sites (tertiary alicyclic amines) is 2. The number of carbonyl (C=O) groups is 2. The Morgan fingerprint density at radius 3 is 2.44 bits per heavy atom. The van der Waals surface area contributed by atoms with Crippen LogP contribution in [0.5, 0.6) is 5.75 Å². The molecule has 6 nitrogen and oxygen atoms in total. The van der Waals surface area contributed by atoms with Crippen LogP contribution < -0.4 is 4.74 Å². The molecule has 3 fully saturated rings. The number of ether oxygens (including phenoxy) is 1. The number of piperidine rings is 2. The fourth-order valence-electron chi connectivity index (χ4n) is 4.47. The Bertz CT molecular complexity index is 705. The van der Waals surface area contributed by atoms with E-state index in [1.165, 1.54) is 0 Å². The molecule has 1 saturated carbocycles. The first-order chi connectivity index (χ1) is 13.0. The van der Waals surface area contributed by atoms with Gasteiger partial charge in [-0.2, -0.15) is 0 Å². The van der Waals surface area contributed by atoms with Crippen LogP contribution in [0.15, 0.2) is 24.3 Å². The van der Waals surface area contributed by atoms with Gasteiger partial charge >= 0.3 is 0 Å². The summed E-state index contributed by atoms with van der Waals surface area (Å²) in [5, 5.41) is 10.5. The summed E-state index contributed by atoms with van der Waals surface area (Å²) < 4.78 is 5.12. The molecule has 1 spiro atoms. The molecule has 3 aliphatic rings. The first-order valence-corrected chi connectivity index (χ1v) is 9.92. The van der Waals surface area contributed by atoms with E-state index in [2.05, 4.69) is 4.90 Å². The number of carbonyl (C=O) groups excluding carboxylic acids is 2. The third-order valence-corrected chi connectivity index (χ3v) is 6.48. The summed E-state index contributed by atoms with van der Waals surface area (Å²) in [6.45, 7) is 2.15. The third-order valence-electron chi connectivity index (χ3n) is 6.48. The van der Waals surface area contributed by atoms with Crippen molar-refractivity contribution >= 4 is 11.8 Å². The van der Waals surface area contributed by atoms with Gasteiger partial charge in [0.15, 0.2) is 6.10 Å². The molecule has 1 N–H and O–H groups in total. The first-order valence-electron chi connectivity index (χ1n) is 9.92. The minimum absolute atomic E-state index is 0.151. The minimum atomic E-state index is -1.14. The number of methoxy groups -OCH3 is 1. The topological polar surface area (TPSA) is 70.1 Å². The molecule has 0 aromatic heterocycles. The van der Waals surface area contributed by atoms with E-state index in [1.54, 1.807) is 36.3 Å². The molecule has 1 atom stereocenters. The average molecular weight is 372 g/mol. The summed E-state index contributed by atoms with van der Waals surface area (Å²) in [5.41, 5.74) is 0.738. The number of amides is 2. The molecule has 0 unspecified atom stereocenters. The Balaban J connectivity index is 1.36. The lowest BCUT2D eigenvalue weighted by molar-refractivity contribution is -0.147. The monoisotopic (exact) mass is 372 g/mol. The number of rotatable bonds is 4. The Morgan fingerprint density at radius 2 is 1.85 bits per heavy atom. The van der Waals surface area contributed by atoms with Crippen molar-refractivity contribution in [3.63, 3.8) is 0 Å². The Kier molecular flexibility index (Phi) is 4.84. The normalized spacial score (nSPS) is 23.4. The summed E-state index contributed by atoms with van der Waals surface area (Å²) in [4.78, 5) is 28.8. The fourth-order valence-corrected chi connectivity index (χ4v) is 4.47. The lowest BCUT2D eigenvalue weighted by atomic mass is 9.72. The van der Waals surface area contributed by atoms with E-state index < -0.39 is 6.10 Å². The van der Waals surface area contributed by atoms with Crippen molar-refractivity contribution in [1.29, 1.82) is 0 Å². The van der Waals surface area contributed by atoms with Crippen molar-refractivity contribution in [2.24, 2.45) is 5.41 Å². The lowest BCUT2D eigenvalue weighted by Gasteiger charge is -2.47. The smallest absolute Gasteiger partial charge is 0.256 e. The maximum atomic E-state index is 12.7. The van der Waals surface area contributed by atoms with Gasteiger partial charge in [-0.15, -0.1) is 0 Å². The highest BCUT2D eigenvalue weighted by Crippen LogP contribution is 2.43. The highest BCUT2D eigenvalue weighted by Gasteiger charge is 2.45. The highest BCUT2D eigenvalue weighted by molar-refractivity contribution is 5.82. The lowest BCUT2D eigenvalue weighted by Crippen LogP contribution is -2.53. The molecular weight excluding hydrogens is 344 g/mol. The van der Waals surface area contributed by atoms with E-state index in [0.717, 1.165) is 38.6 Å². The second kappa shape index (κ2) is 7.15. The number of aliphatic hydroxyl groups is 1. The molecule has 6 heteroatoms. The molecule has 27 heavy (non-hydrogen) atoms. The van der Waals surface area contributed by atoms with E-state index in [4.69, 9.17) is 4.74 Å². The van der Waals surface area contributed by atoms with Gasteiger partial charge in [-0.3, -0.25) is 9.59 Å². The summed E-state index contributed by atoms with van der Waals surface area (Å²) >= 11 is 0. The molecule has 4 rings (SSSR count). The van der Waals surface area contributed by atoms with E-state index in [0.29, 0.717) is 42.8 Å². The van der Waals surface area contributed by atoms with Crippen molar-refractivity contribution < 1.29 is 19.4 Å². The second-order valence-corrected chi connectivity index (χ2v) is 8.25. The molecule has 1 aromatic carbocycles. The summed E-state index contributed by atoms with van der Waals surface area (Å²) in [5.74, 6) is 0.767. The predicted molar refractivity (Wildman–Crippen MR) is 100 cm³/mol. The van der Waals surface area contributed by atoms with Gasteiger partial charge in [0.2, 0.25) is 5.91 Å². The highest BCUT2D eigenvalue weighted by atomic mass is 16.5. The van der Waals surface area contributed by atoms with E-state index in [-0.39, 0.29) is 11.3 Å². The van der Waals surface area contributed by atoms with E-state index in [1.807, 2.05) is 0 Å². The molecule has 2 saturated heterocycles. The van der Waals surface area contributed by atoms with Gasteiger partial charge in [-0.1, -0.05) is 12.1 Å². The molecule has 2 aliphatic heterocycles. The fraction of sp³-hybridized carbons (Fsp3) is 0.619. The molecule has 0 bridgehead atoms. The van der Waals surface area contributed by atoms with E-state index in [9.17, 15) is 14.7 Å². The molecule has 0 radical (unpaired) electrons. The van der Waals surface area contributed by atoms with Gasteiger partial charge in [0, 0.05) is 32.1 Å². The number of aliphatic hydroxyl groups excluding tert-OH is 1. The van der Waals surface area contributed by atoms with Crippen LogP contribution in [0, 0.1) is 5.41 Å². The summed E-state index contributed by atoms with van der Waals surface area (Å²) in [6, 6.07) is 7.43. The van der Waals surface area contributed by atoms with Gasteiger partial charge in [-0.05, 0) is 55.2 Å². The summed E-state index contributed by atoms with van der Waals surface area (Å²) in [7, 11) is 1.59. The maximum absolute atomic E-state index is 12.7. The zero-order chi connectivity index (χ0) is 19.0. The Labute approximate surface area is 160 Å². The van der Waals surface area contributed by atoms with Gasteiger partial charge in [-0.25, -0.2) is 0 Å². The zero-order valence-electron chi connectivity index (χ0n) is 15.9. The molecule has 1 aliphatic carbocycles. The van der Waals surface area contributed by atoms with Gasteiger partial charge in [0.1, 0.15) is 5.75 Å². The van der Waals surface area contributed by atoms with Crippen molar-refractivity contribution in [1.82, 2.24) is 9.80 Å². The van der Waals surface area contributed by atoms with Crippen LogP contribution in [-0.4, -0.2) is 59.5 Å². The van der Waals surface area contributed by atoms with Gasteiger partial charge < -0.3 is 19.6 Å². The van der Waals surface area contributed by atoms with E-state index >= 15 is 0 Å². The SMILES string of the molecule is COc1ccc([C@H](O)C(=O)N2CCC3(CCC(=O)N(C4CC4)C3)CC2)cc1. The van der Waals surface area contributed by atoms with Crippen LogP contribution in [0.3, 0.4) is 0 Å². The quantitative estimate of drug-likeness (QED) is 0.879. The predicted octanol–water partition coefficient (Wildman–Crippen LogP) is 2.12. The van der Waals surface area contributed by atoms with Crippen molar-refractivity contribution in [3.05, 3.63) is 29.8 Å². The molecule has 2 heterocycles. The van der Waals surface area contributed by atoms with Crippen molar-refractivity contribution in [2.45, 2.75) is 50.7 Å². The summed E-state index contributed by atoms with van der Waals surface area (Å²) in [6.07, 6.45) is 4.52. The van der Waals surface area contributed by atoms with Crippen LogP contribution in [0.25, 0.3) is 0 Å². The number of hydrogen-bond donors (Lipinski definition) is 1. The van der Waals surface area contributed by atoms with Gasteiger partial charge in [0.25, 0.3) is 5.91 Å². The molecule has 2 amide bonds. The van der Waals surface area contributed by atoms with Crippen LogP contribution in [0.4, 0.5) is 0 Å². The number of nitrogens with zero attached hydrogens (tertiary/aromatic N) is 2. The Hall–Kier alpha value is -2.08. The number of benzene rings is 1. The van der Waals surface area contributed by atoms with Crippen LogP contribution in [-0.2, 0) is 9.59 Å². The molecular formula is C21H28N2O4. The first kappa shape index (κ1) is 18.3. The standard InChI is InChI=1S/C21H28N2O4/c1-27-17-6-2-15(3-7-17)19(25)20(26)22-12-10-21(11-13-22)9-8-18(24)23(14-21)16-4-5-16/h2-3,6-7,16,19,25H,4-5,8-14H2,1H3/t19-/m0/s1. The molecule has 1 aromatic rings. The maximum Gasteiger partial charge on any atom is 0.256 e. The van der Waals surface area contributed by atoms with Crippen LogP contribution >= 0.6 is 0 Å². The average Bonchev–Trinajstić information content (AvgIpc) is 3.55. The Morgan fingerprint density at radius 1 is 1.19 bits per heavy atom. The van der Waals surface area contributed by atoms with Crippen LogP contribution in [0.2, 0.25) is 0 Å². The zero-order valence-corrected chi connectivity index (χ0v) is 15.9. The van der Waals surface area contributed by atoms with Crippen molar-refractivity contribution in [3.8, 4) is 5.75 Å². The van der Waals surface area contributed by atoms with Gasteiger partial charge in [0.05, 0.1) is 7.11 Å². The van der Waals surface area contributed by atoms with Crippen molar-refractivity contribution in [2.75, 3.05) is 26.7 Å². The number of hydrogen-bond acceptors (Lipinski definition) is 4. The minimum Gasteiger partial charge on any atom is -0.497 e. The largest absolute Gasteiger partial charge is 0.497 e.